The predicted molar refractivity (Wildman–Crippen MR) is 111 cm³/mol. The highest BCUT2D eigenvalue weighted by atomic mass is 19.1. The normalized spacial score (nSPS) is 11.4. The number of halogens is 1. The lowest BCUT2D eigenvalue weighted by atomic mass is 10.1. The quantitative estimate of drug-likeness (QED) is 0.474. The molecule has 3 aromatic rings. The van der Waals surface area contributed by atoms with E-state index in [2.05, 4.69) is 20.5 Å². The van der Waals surface area contributed by atoms with E-state index in [1.54, 1.807) is 6.07 Å². The standard InChI is InChI=1S/C21H25FN6O/c1-4-23-21(28(2)13-16-8-9-19(29-3)18(22)11-16)24-12-15-6-5-7-17(10-15)20-25-14-26-27-20/h5-11,14H,4,12-13H2,1-3H3,(H,23,24)(H,25,26,27). The Balaban J connectivity index is 1.72. The summed E-state index contributed by atoms with van der Waals surface area (Å²) in [5.74, 6) is 1.34. The highest BCUT2D eigenvalue weighted by Gasteiger charge is 2.10. The van der Waals surface area contributed by atoms with Crippen LogP contribution in [-0.4, -0.2) is 46.7 Å². The molecule has 29 heavy (non-hydrogen) atoms. The van der Waals surface area contributed by atoms with Crippen LogP contribution in [0.25, 0.3) is 11.4 Å². The van der Waals surface area contributed by atoms with Gasteiger partial charge in [-0.15, -0.1) is 0 Å². The van der Waals surface area contributed by atoms with E-state index in [9.17, 15) is 4.39 Å². The number of aliphatic imine (C=N–C) groups is 1. The molecule has 0 aliphatic heterocycles. The Morgan fingerprint density at radius 1 is 1.24 bits per heavy atom. The zero-order valence-corrected chi connectivity index (χ0v) is 16.8. The second-order valence-electron chi connectivity index (χ2n) is 6.53. The minimum absolute atomic E-state index is 0.239. The topological polar surface area (TPSA) is 78.4 Å². The summed E-state index contributed by atoms with van der Waals surface area (Å²) in [5, 5.41) is 10.0. The van der Waals surface area contributed by atoms with E-state index in [0.29, 0.717) is 13.1 Å². The average molecular weight is 396 g/mol. The van der Waals surface area contributed by atoms with Crippen LogP contribution in [0.4, 0.5) is 4.39 Å². The van der Waals surface area contributed by atoms with Gasteiger partial charge in [-0.2, -0.15) is 5.10 Å². The van der Waals surface area contributed by atoms with Crippen LogP contribution in [0.1, 0.15) is 18.1 Å². The second-order valence-corrected chi connectivity index (χ2v) is 6.53. The number of nitrogens with zero attached hydrogens (tertiary/aromatic N) is 4. The maximum atomic E-state index is 14.0. The highest BCUT2D eigenvalue weighted by molar-refractivity contribution is 5.79. The second kappa shape index (κ2) is 9.68. The molecule has 1 heterocycles. The summed E-state index contributed by atoms with van der Waals surface area (Å²) in [6, 6.07) is 13.0. The van der Waals surface area contributed by atoms with Crippen LogP contribution < -0.4 is 10.1 Å². The lowest BCUT2D eigenvalue weighted by molar-refractivity contribution is 0.385. The Kier molecular flexibility index (Phi) is 6.78. The van der Waals surface area contributed by atoms with E-state index in [0.717, 1.165) is 35.0 Å². The summed E-state index contributed by atoms with van der Waals surface area (Å²) in [4.78, 5) is 10.9. The van der Waals surface area contributed by atoms with Gasteiger partial charge in [0.15, 0.2) is 23.4 Å². The van der Waals surface area contributed by atoms with Crippen molar-refractivity contribution in [1.82, 2.24) is 25.4 Å². The molecule has 7 nitrogen and oxygen atoms in total. The summed E-state index contributed by atoms with van der Waals surface area (Å²) >= 11 is 0. The lowest BCUT2D eigenvalue weighted by Gasteiger charge is -2.22. The maximum Gasteiger partial charge on any atom is 0.194 e. The smallest absolute Gasteiger partial charge is 0.194 e. The summed E-state index contributed by atoms with van der Waals surface area (Å²) in [6.45, 7) is 3.77. The predicted octanol–water partition coefficient (Wildman–Crippen LogP) is 3.22. The summed E-state index contributed by atoms with van der Waals surface area (Å²) in [5.41, 5.74) is 2.85. The van der Waals surface area contributed by atoms with Gasteiger partial charge in [-0.25, -0.2) is 14.4 Å². The van der Waals surface area contributed by atoms with E-state index < -0.39 is 0 Å². The number of ether oxygens (including phenoxy) is 1. The van der Waals surface area contributed by atoms with Crippen LogP contribution in [0.15, 0.2) is 53.8 Å². The van der Waals surface area contributed by atoms with Crippen LogP contribution in [0.2, 0.25) is 0 Å². The van der Waals surface area contributed by atoms with Crippen molar-refractivity contribution >= 4 is 5.96 Å². The molecular weight excluding hydrogens is 371 g/mol. The van der Waals surface area contributed by atoms with Gasteiger partial charge in [0.05, 0.1) is 13.7 Å². The van der Waals surface area contributed by atoms with Crippen LogP contribution in [-0.2, 0) is 13.1 Å². The SMILES string of the molecule is CCNC(=NCc1cccc(-c2ncn[nH]2)c1)N(C)Cc1ccc(OC)c(F)c1. The molecule has 2 N–H and O–H groups in total. The zero-order chi connectivity index (χ0) is 20.6. The zero-order valence-electron chi connectivity index (χ0n) is 16.8. The number of aromatic amines is 1. The van der Waals surface area contributed by atoms with Gasteiger partial charge >= 0.3 is 0 Å². The van der Waals surface area contributed by atoms with Crippen molar-refractivity contribution in [3.8, 4) is 17.1 Å². The number of H-pyrrole nitrogens is 1. The first-order valence-electron chi connectivity index (χ1n) is 9.37. The lowest BCUT2D eigenvalue weighted by Crippen LogP contribution is -2.38. The molecule has 3 rings (SSSR count). The van der Waals surface area contributed by atoms with Crippen molar-refractivity contribution in [3.05, 3.63) is 65.7 Å². The summed E-state index contributed by atoms with van der Waals surface area (Å²) in [6.07, 6.45) is 1.49. The van der Waals surface area contributed by atoms with E-state index in [1.807, 2.05) is 49.2 Å². The molecule has 152 valence electrons. The van der Waals surface area contributed by atoms with Crippen molar-refractivity contribution in [2.24, 2.45) is 4.99 Å². The van der Waals surface area contributed by atoms with E-state index in [-0.39, 0.29) is 11.6 Å². The minimum atomic E-state index is -0.371. The largest absolute Gasteiger partial charge is 0.494 e. The number of hydrogen-bond acceptors (Lipinski definition) is 4. The van der Waals surface area contributed by atoms with Gasteiger partial charge in [0.25, 0.3) is 0 Å². The monoisotopic (exact) mass is 396 g/mol. The number of rotatable bonds is 7. The fourth-order valence-corrected chi connectivity index (χ4v) is 2.95. The molecule has 0 aliphatic rings. The van der Waals surface area contributed by atoms with Crippen molar-refractivity contribution in [3.63, 3.8) is 0 Å². The van der Waals surface area contributed by atoms with Crippen molar-refractivity contribution < 1.29 is 9.13 Å². The molecule has 0 spiro atoms. The fraction of sp³-hybridized carbons (Fsp3) is 0.286. The molecule has 0 amide bonds. The maximum absolute atomic E-state index is 14.0. The third-order valence-corrected chi connectivity index (χ3v) is 4.36. The summed E-state index contributed by atoms with van der Waals surface area (Å²) in [7, 11) is 3.38. The van der Waals surface area contributed by atoms with Crippen LogP contribution in [0.5, 0.6) is 5.75 Å². The summed E-state index contributed by atoms with van der Waals surface area (Å²) < 4.78 is 19.0. The first-order chi connectivity index (χ1) is 14.1. The Morgan fingerprint density at radius 3 is 2.79 bits per heavy atom. The Morgan fingerprint density at radius 2 is 2.10 bits per heavy atom. The molecule has 0 aliphatic carbocycles. The van der Waals surface area contributed by atoms with Gasteiger partial charge in [0.1, 0.15) is 6.33 Å². The van der Waals surface area contributed by atoms with Gasteiger partial charge in [0, 0.05) is 25.7 Å². The number of benzene rings is 2. The number of methoxy groups -OCH3 is 1. The van der Waals surface area contributed by atoms with E-state index in [4.69, 9.17) is 9.73 Å². The Labute approximate surface area is 169 Å². The van der Waals surface area contributed by atoms with Gasteiger partial charge < -0.3 is 15.0 Å². The number of guanidine groups is 1. The van der Waals surface area contributed by atoms with Gasteiger partial charge in [-0.3, -0.25) is 5.10 Å². The minimum Gasteiger partial charge on any atom is -0.494 e. The Hall–Kier alpha value is -3.42. The van der Waals surface area contributed by atoms with Crippen LogP contribution in [0.3, 0.4) is 0 Å². The van der Waals surface area contributed by atoms with E-state index in [1.165, 1.54) is 19.5 Å². The molecule has 2 aromatic carbocycles. The van der Waals surface area contributed by atoms with Gasteiger partial charge in [-0.05, 0) is 36.2 Å². The first kappa shape index (κ1) is 20.3. The van der Waals surface area contributed by atoms with Crippen LogP contribution in [0, 0.1) is 5.82 Å². The molecule has 0 bridgehead atoms. The molecule has 1 aromatic heterocycles. The third-order valence-electron chi connectivity index (χ3n) is 4.36. The van der Waals surface area contributed by atoms with Crippen molar-refractivity contribution in [1.29, 1.82) is 0 Å². The molecular formula is C21H25FN6O. The Bertz CT molecular complexity index is 958. The first-order valence-corrected chi connectivity index (χ1v) is 9.37. The molecule has 0 radical (unpaired) electrons. The molecule has 0 unspecified atom stereocenters. The van der Waals surface area contributed by atoms with Gasteiger partial charge in [-0.1, -0.05) is 24.3 Å². The van der Waals surface area contributed by atoms with Gasteiger partial charge in [0.2, 0.25) is 0 Å². The molecule has 8 heteroatoms. The molecule has 0 saturated heterocycles. The highest BCUT2D eigenvalue weighted by Crippen LogP contribution is 2.19. The third kappa shape index (κ3) is 5.31. The number of aromatic nitrogens is 3. The van der Waals surface area contributed by atoms with Crippen molar-refractivity contribution in [2.75, 3.05) is 20.7 Å². The van der Waals surface area contributed by atoms with Crippen molar-refractivity contribution in [2.45, 2.75) is 20.0 Å². The fourth-order valence-electron chi connectivity index (χ4n) is 2.95. The molecule has 0 saturated carbocycles. The average Bonchev–Trinajstić information content (AvgIpc) is 3.26. The van der Waals surface area contributed by atoms with Crippen LogP contribution >= 0.6 is 0 Å². The molecule has 0 atom stereocenters. The number of hydrogen-bond donors (Lipinski definition) is 2. The van der Waals surface area contributed by atoms with E-state index >= 15 is 0 Å². The number of nitrogens with one attached hydrogen (secondary N) is 2. The molecule has 0 fully saturated rings.